The van der Waals surface area contributed by atoms with Gasteiger partial charge in [-0.25, -0.2) is 0 Å². The highest BCUT2D eigenvalue weighted by atomic mass is 35.5. The fourth-order valence-corrected chi connectivity index (χ4v) is 1.98. The molecule has 0 spiro atoms. The van der Waals surface area contributed by atoms with Crippen LogP contribution in [-0.4, -0.2) is 41.0 Å². The number of rotatable bonds is 5. The Morgan fingerprint density at radius 1 is 1.29 bits per heavy atom. The molecule has 0 saturated carbocycles. The lowest BCUT2D eigenvalue weighted by Gasteiger charge is -2.27. The predicted molar refractivity (Wildman–Crippen MR) is 59.7 cm³/mol. The van der Waals surface area contributed by atoms with Crippen LogP contribution < -0.4 is 0 Å². The van der Waals surface area contributed by atoms with Crippen molar-refractivity contribution in [1.82, 2.24) is 9.78 Å². The molecule has 0 aliphatic carbocycles. The molecule has 21 heavy (non-hydrogen) atoms. The van der Waals surface area contributed by atoms with Gasteiger partial charge in [0.25, 0.3) is 0 Å². The molecule has 11 heteroatoms. The normalized spacial score (nSPS) is 14.8. The molecule has 1 N–H and O–H groups in total. The molecule has 0 amide bonds. The lowest BCUT2D eigenvalue weighted by atomic mass is 9.98. The molecule has 0 aliphatic heterocycles. The lowest BCUT2D eigenvalue weighted by molar-refractivity contribution is -0.308. The molecule has 0 aliphatic rings. The van der Waals surface area contributed by atoms with Gasteiger partial charge in [-0.1, -0.05) is 11.6 Å². The van der Waals surface area contributed by atoms with Gasteiger partial charge in [-0.3, -0.25) is 4.68 Å². The Morgan fingerprint density at radius 3 is 2.24 bits per heavy atom. The Balaban J connectivity index is 3.21. The molecule has 122 valence electrons. The number of halogens is 7. The Labute approximate surface area is 120 Å². The zero-order chi connectivity index (χ0) is 16.4. The number of nitrogens with zero attached hydrogens (tertiary/aromatic N) is 2. The maximum atomic E-state index is 12.6. The van der Waals surface area contributed by atoms with E-state index < -0.39 is 35.1 Å². The molecule has 0 aromatic carbocycles. The van der Waals surface area contributed by atoms with Crippen LogP contribution in [0.1, 0.15) is 11.8 Å². The predicted octanol–water partition coefficient (Wildman–Crippen LogP) is 2.96. The standard InChI is InChI=1S/C10H11ClF6N2O2/c1-21-3-2-19-6(5(11)4-18-19)7(20)8(9(12,13)14)10(15,16)17/h4,7-8,20H,2-3H2,1H3. The van der Waals surface area contributed by atoms with E-state index in [-0.39, 0.29) is 13.2 Å². The maximum absolute atomic E-state index is 12.6. The van der Waals surface area contributed by atoms with Crippen molar-refractivity contribution in [3.8, 4) is 0 Å². The molecule has 4 nitrogen and oxygen atoms in total. The van der Waals surface area contributed by atoms with Crippen molar-refractivity contribution in [3.63, 3.8) is 0 Å². The molecular formula is C10H11ClF6N2O2. The minimum absolute atomic E-state index is 0.0273. The molecule has 0 bridgehead atoms. The van der Waals surface area contributed by atoms with E-state index in [2.05, 4.69) is 9.84 Å². The minimum atomic E-state index is -5.68. The lowest BCUT2D eigenvalue weighted by Crippen LogP contribution is -2.41. The second-order valence-electron chi connectivity index (χ2n) is 4.10. The smallest absolute Gasteiger partial charge is 0.386 e. The van der Waals surface area contributed by atoms with Crippen LogP contribution in [0.2, 0.25) is 5.02 Å². The van der Waals surface area contributed by atoms with Crippen molar-refractivity contribution in [2.75, 3.05) is 13.7 Å². The summed E-state index contributed by atoms with van der Waals surface area (Å²) in [6.07, 6.45) is -13.4. The van der Waals surface area contributed by atoms with Gasteiger partial charge in [0.15, 0.2) is 5.92 Å². The number of hydrogen-bond donors (Lipinski definition) is 1. The van der Waals surface area contributed by atoms with Gasteiger partial charge >= 0.3 is 12.4 Å². The Bertz CT molecular complexity index is 459. The van der Waals surface area contributed by atoms with Crippen molar-refractivity contribution in [2.45, 2.75) is 25.0 Å². The largest absolute Gasteiger partial charge is 0.403 e. The summed E-state index contributed by atoms with van der Waals surface area (Å²) >= 11 is 5.54. The Hall–Kier alpha value is -1.00. The number of aliphatic hydroxyl groups is 1. The van der Waals surface area contributed by atoms with Crippen LogP contribution in [0.25, 0.3) is 0 Å². The number of hydrogen-bond acceptors (Lipinski definition) is 3. The summed E-state index contributed by atoms with van der Waals surface area (Å²) in [4.78, 5) is 0. The summed E-state index contributed by atoms with van der Waals surface area (Å²) < 4.78 is 81.0. The van der Waals surface area contributed by atoms with Gasteiger partial charge in [-0.15, -0.1) is 0 Å². The quantitative estimate of drug-likeness (QED) is 0.838. The molecule has 0 saturated heterocycles. The maximum Gasteiger partial charge on any atom is 0.403 e. The third-order valence-corrected chi connectivity index (χ3v) is 2.93. The second-order valence-corrected chi connectivity index (χ2v) is 4.51. The molecular weight excluding hydrogens is 330 g/mol. The Morgan fingerprint density at radius 2 is 1.81 bits per heavy atom. The van der Waals surface area contributed by atoms with Gasteiger partial charge in [0.2, 0.25) is 0 Å². The highest BCUT2D eigenvalue weighted by molar-refractivity contribution is 6.31. The van der Waals surface area contributed by atoms with Gasteiger partial charge < -0.3 is 9.84 Å². The highest BCUT2D eigenvalue weighted by Crippen LogP contribution is 2.47. The SMILES string of the molecule is COCCn1ncc(Cl)c1C(O)C(C(F)(F)F)C(F)(F)F. The fourth-order valence-electron chi connectivity index (χ4n) is 1.72. The molecule has 1 heterocycles. The number of methoxy groups -OCH3 is 1. The van der Waals surface area contributed by atoms with Crippen LogP contribution in [0.3, 0.4) is 0 Å². The van der Waals surface area contributed by atoms with Crippen molar-refractivity contribution < 1.29 is 36.2 Å². The van der Waals surface area contributed by atoms with E-state index in [4.69, 9.17) is 11.6 Å². The van der Waals surface area contributed by atoms with Crippen LogP contribution in [0.15, 0.2) is 6.20 Å². The van der Waals surface area contributed by atoms with Crippen molar-refractivity contribution >= 4 is 11.6 Å². The van der Waals surface area contributed by atoms with Crippen LogP contribution >= 0.6 is 11.6 Å². The fraction of sp³-hybridized carbons (Fsp3) is 0.700. The van der Waals surface area contributed by atoms with E-state index in [9.17, 15) is 31.4 Å². The van der Waals surface area contributed by atoms with E-state index in [0.29, 0.717) is 0 Å². The second kappa shape index (κ2) is 6.41. The summed E-state index contributed by atoms with van der Waals surface area (Å²) in [6, 6.07) is 0. The van der Waals surface area contributed by atoms with Gasteiger partial charge in [0.05, 0.1) is 30.1 Å². The molecule has 1 aromatic rings. The van der Waals surface area contributed by atoms with Crippen molar-refractivity contribution in [1.29, 1.82) is 0 Å². The van der Waals surface area contributed by atoms with Gasteiger partial charge in [-0.05, 0) is 0 Å². The summed E-state index contributed by atoms with van der Waals surface area (Å²) in [5, 5.41) is 12.6. The summed E-state index contributed by atoms with van der Waals surface area (Å²) in [5.41, 5.74) is -0.756. The van der Waals surface area contributed by atoms with E-state index in [1.165, 1.54) is 7.11 Å². The zero-order valence-electron chi connectivity index (χ0n) is 10.5. The first kappa shape index (κ1) is 18.1. The van der Waals surface area contributed by atoms with E-state index in [1.807, 2.05) is 0 Å². The minimum Gasteiger partial charge on any atom is -0.386 e. The number of ether oxygens (including phenoxy) is 1. The van der Waals surface area contributed by atoms with Gasteiger partial charge in [0.1, 0.15) is 6.10 Å². The molecule has 1 unspecified atom stereocenters. The third-order valence-electron chi connectivity index (χ3n) is 2.64. The van der Waals surface area contributed by atoms with Crippen molar-refractivity contribution in [2.24, 2.45) is 5.92 Å². The monoisotopic (exact) mass is 340 g/mol. The highest BCUT2D eigenvalue weighted by Gasteiger charge is 2.61. The van der Waals surface area contributed by atoms with Crippen LogP contribution in [0.4, 0.5) is 26.3 Å². The zero-order valence-corrected chi connectivity index (χ0v) is 11.3. The summed E-state index contributed by atoms with van der Waals surface area (Å²) in [6.45, 7) is -0.182. The first-order valence-corrected chi connectivity index (χ1v) is 5.89. The summed E-state index contributed by atoms with van der Waals surface area (Å²) in [5.74, 6) is -3.96. The van der Waals surface area contributed by atoms with Crippen LogP contribution in [-0.2, 0) is 11.3 Å². The molecule has 0 radical (unpaired) electrons. The molecule has 0 fully saturated rings. The average Bonchev–Trinajstić information content (AvgIpc) is 2.63. The number of aromatic nitrogens is 2. The first-order chi connectivity index (χ1) is 9.50. The van der Waals surface area contributed by atoms with Crippen LogP contribution in [0.5, 0.6) is 0 Å². The average molecular weight is 341 g/mol. The molecule has 1 aromatic heterocycles. The van der Waals surface area contributed by atoms with Crippen molar-refractivity contribution in [3.05, 3.63) is 16.9 Å². The molecule has 1 atom stereocenters. The van der Waals surface area contributed by atoms with E-state index in [0.717, 1.165) is 10.9 Å². The Kier molecular flexibility index (Phi) is 5.51. The van der Waals surface area contributed by atoms with Crippen LogP contribution in [0, 0.1) is 5.92 Å². The van der Waals surface area contributed by atoms with E-state index in [1.54, 1.807) is 0 Å². The topological polar surface area (TPSA) is 47.3 Å². The summed E-state index contributed by atoms with van der Waals surface area (Å²) in [7, 11) is 1.29. The molecule has 1 rings (SSSR count). The van der Waals surface area contributed by atoms with Gasteiger partial charge in [-0.2, -0.15) is 31.4 Å². The van der Waals surface area contributed by atoms with E-state index >= 15 is 0 Å². The first-order valence-electron chi connectivity index (χ1n) is 5.51. The number of alkyl halides is 6. The number of aliphatic hydroxyl groups excluding tert-OH is 1. The van der Waals surface area contributed by atoms with Gasteiger partial charge in [0, 0.05) is 7.11 Å². The third kappa shape index (κ3) is 4.24.